The SMILES string of the molecule is Cc1n[nH]c(C(=O)N2CCC3(CC2)c2c(ncnc(C4=CCOCC4)[nH]n(CC(=O)Nc4ccc(C(F)(F)F)cc4Cl)c2=O)C2CC23)c1O. The normalized spacial score (nSPS) is 20.7. The fourth-order valence-corrected chi connectivity index (χ4v) is 7.53. The number of fused-ring (bicyclic) bond motifs is 5. The Morgan fingerprint density at radius 1 is 1.22 bits per heavy atom. The second kappa shape index (κ2) is 12.3. The van der Waals surface area contributed by atoms with Crippen molar-refractivity contribution in [1.82, 2.24) is 34.8 Å². The second-order valence-corrected chi connectivity index (χ2v) is 13.1. The minimum absolute atomic E-state index is 0.00817. The molecule has 4 aliphatic rings. The Morgan fingerprint density at radius 3 is 2.65 bits per heavy atom. The van der Waals surface area contributed by atoms with Crippen LogP contribution in [0.4, 0.5) is 18.9 Å². The summed E-state index contributed by atoms with van der Waals surface area (Å²) in [6.45, 7) is 2.43. The Bertz CT molecular complexity index is 1990. The number of amides is 2. The van der Waals surface area contributed by atoms with Crippen LogP contribution in [0, 0.1) is 12.8 Å². The van der Waals surface area contributed by atoms with E-state index in [0.29, 0.717) is 68.3 Å². The van der Waals surface area contributed by atoms with Crippen LogP contribution in [0.25, 0.3) is 5.57 Å². The number of aromatic amines is 2. The van der Waals surface area contributed by atoms with Crippen molar-refractivity contribution in [2.24, 2.45) is 5.92 Å². The standard InChI is InChI=1S/C32H32ClF3N8O5/c1-16-27(46)26(41-40-16)30(48)43-8-6-31(7-9-43)20-13-19(20)25-24(31)29(47)44(42-28(38-15-37-25)17-4-10-49-11-5-17)14-23(45)39-22-3-2-18(12-21(22)33)32(34,35)36/h2-4,12,15,19-20,46H,5-11,13-14H2,1H3,(H,39,45)(H,40,41)(H,37,38,42). The quantitative estimate of drug-likeness (QED) is 0.306. The maximum absolute atomic E-state index is 14.7. The molecule has 2 fully saturated rings. The van der Waals surface area contributed by atoms with Crippen molar-refractivity contribution in [3.8, 4) is 5.75 Å². The number of alkyl halides is 3. The molecule has 2 atom stereocenters. The number of carbonyl (C=O) groups is 2. The average Bonchev–Trinajstić information content (AvgIpc) is 3.74. The van der Waals surface area contributed by atoms with E-state index in [1.165, 1.54) is 6.33 Å². The van der Waals surface area contributed by atoms with Gasteiger partial charge in [0, 0.05) is 30.0 Å². The number of anilines is 1. The first kappa shape index (κ1) is 32.8. The van der Waals surface area contributed by atoms with E-state index < -0.39 is 41.1 Å². The molecule has 2 unspecified atom stereocenters. The number of H-pyrrole nitrogens is 2. The molecule has 2 aromatic heterocycles. The van der Waals surface area contributed by atoms with E-state index >= 15 is 0 Å². The molecule has 0 radical (unpaired) electrons. The van der Waals surface area contributed by atoms with Gasteiger partial charge in [-0.15, -0.1) is 0 Å². The van der Waals surface area contributed by atoms with Crippen LogP contribution in [0.1, 0.15) is 70.4 Å². The third-order valence-electron chi connectivity index (χ3n) is 9.90. The highest BCUT2D eigenvalue weighted by Crippen LogP contribution is 2.67. The number of aromatic hydroxyl groups is 1. The zero-order valence-corrected chi connectivity index (χ0v) is 27.0. The number of likely N-dealkylation sites (tertiary alicyclic amines) is 1. The number of piperidine rings is 1. The number of hydrogen-bond acceptors (Lipinski definition) is 8. The van der Waals surface area contributed by atoms with Gasteiger partial charge in [0.15, 0.2) is 11.4 Å². The molecule has 1 aromatic carbocycles. The average molecular weight is 701 g/mol. The van der Waals surface area contributed by atoms with Gasteiger partial charge in [0.2, 0.25) is 5.91 Å². The van der Waals surface area contributed by atoms with Crippen LogP contribution < -0.4 is 10.9 Å². The Morgan fingerprint density at radius 2 is 2.00 bits per heavy atom. The summed E-state index contributed by atoms with van der Waals surface area (Å²) in [6, 6.07) is 2.59. The number of ether oxygens (including phenoxy) is 1. The minimum atomic E-state index is -4.62. The summed E-state index contributed by atoms with van der Waals surface area (Å²) in [7, 11) is 0. The van der Waals surface area contributed by atoms with Gasteiger partial charge in [-0.25, -0.2) is 14.6 Å². The summed E-state index contributed by atoms with van der Waals surface area (Å²) in [6.07, 6.45) is 0.815. The molecule has 1 saturated heterocycles. The molecular formula is C32H32ClF3N8O5. The van der Waals surface area contributed by atoms with Crippen molar-refractivity contribution < 1.29 is 32.6 Å². The molecule has 4 N–H and O–H groups in total. The number of halogens is 4. The van der Waals surface area contributed by atoms with Crippen LogP contribution in [0.3, 0.4) is 0 Å². The van der Waals surface area contributed by atoms with Gasteiger partial charge < -0.3 is 20.1 Å². The highest BCUT2D eigenvalue weighted by Gasteiger charge is 2.63. The molecule has 1 spiro atoms. The topological polar surface area (TPSA) is 171 Å². The summed E-state index contributed by atoms with van der Waals surface area (Å²) in [5, 5.41) is 22.1. The monoisotopic (exact) mass is 700 g/mol. The molecule has 0 bridgehead atoms. The highest BCUT2D eigenvalue weighted by atomic mass is 35.5. The lowest BCUT2D eigenvalue weighted by atomic mass is 9.71. The molecule has 4 heterocycles. The van der Waals surface area contributed by atoms with Gasteiger partial charge >= 0.3 is 6.18 Å². The Labute approximate surface area is 281 Å². The van der Waals surface area contributed by atoms with E-state index in [9.17, 15) is 32.7 Å². The number of nitrogens with one attached hydrogen (secondary N) is 3. The van der Waals surface area contributed by atoms with Crippen molar-refractivity contribution in [2.75, 3.05) is 31.6 Å². The first-order chi connectivity index (χ1) is 23.4. The van der Waals surface area contributed by atoms with Crippen LogP contribution >= 0.6 is 11.6 Å². The Hall–Kier alpha value is -4.70. The number of hydrogen-bond donors (Lipinski definition) is 4. The summed E-state index contributed by atoms with van der Waals surface area (Å²) >= 11 is 6.10. The molecule has 7 rings (SSSR count). The van der Waals surface area contributed by atoms with Crippen molar-refractivity contribution in [3.63, 3.8) is 0 Å². The summed E-state index contributed by atoms with van der Waals surface area (Å²) in [5.74, 6) is -0.877. The lowest BCUT2D eigenvalue weighted by Crippen LogP contribution is -2.48. The molecule has 2 aliphatic heterocycles. The Balaban J connectivity index is 1.25. The molecule has 258 valence electrons. The molecule has 49 heavy (non-hydrogen) atoms. The number of aromatic nitrogens is 6. The number of rotatable bonds is 5. The highest BCUT2D eigenvalue weighted by molar-refractivity contribution is 6.33. The van der Waals surface area contributed by atoms with Crippen molar-refractivity contribution in [3.05, 3.63) is 80.0 Å². The lowest BCUT2D eigenvalue weighted by Gasteiger charge is -2.40. The van der Waals surface area contributed by atoms with Crippen molar-refractivity contribution in [2.45, 2.75) is 56.7 Å². The van der Waals surface area contributed by atoms with Crippen LogP contribution in [0.2, 0.25) is 5.02 Å². The predicted molar refractivity (Wildman–Crippen MR) is 169 cm³/mol. The van der Waals surface area contributed by atoms with Gasteiger partial charge in [0.25, 0.3) is 11.5 Å². The summed E-state index contributed by atoms with van der Waals surface area (Å²) in [4.78, 5) is 52.2. The maximum Gasteiger partial charge on any atom is 0.416 e. The first-order valence-electron chi connectivity index (χ1n) is 15.8. The second-order valence-electron chi connectivity index (χ2n) is 12.7. The minimum Gasteiger partial charge on any atom is -0.504 e. The third-order valence-corrected chi connectivity index (χ3v) is 10.2. The van der Waals surface area contributed by atoms with Gasteiger partial charge in [-0.3, -0.25) is 24.6 Å². The molecule has 2 amide bonds. The Kier molecular flexibility index (Phi) is 8.25. The maximum atomic E-state index is 14.7. The zero-order chi connectivity index (χ0) is 34.7. The summed E-state index contributed by atoms with van der Waals surface area (Å²) < 4.78 is 46.1. The number of carbonyl (C=O) groups excluding carboxylic acids is 2. The van der Waals surface area contributed by atoms with Gasteiger partial charge in [-0.2, -0.15) is 18.3 Å². The summed E-state index contributed by atoms with van der Waals surface area (Å²) in [5.41, 5.74) is -0.0119. The van der Waals surface area contributed by atoms with Gasteiger partial charge in [0.05, 0.1) is 35.2 Å². The number of benzene rings is 1. The number of nitrogens with zero attached hydrogens (tertiary/aromatic N) is 5. The van der Waals surface area contributed by atoms with E-state index in [1.54, 1.807) is 11.8 Å². The van der Waals surface area contributed by atoms with Gasteiger partial charge in [-0.05, 0) is 62.3 Å². The first-order valence-corrected chi connectivity index (χ1v) is 16.2. The molecule has 1 saturated carbocycles. The fourth-order valence-electron chi connectivity index (χ4n) is 7.31. The molecule has 13 nitrogen and oxygen atoms in total. The van der Waals surface area contributed by atoms with Crippen LogP contribution in [0.15, 0.2) is 35.4 Å². The van der Waals surface area contributed by atoms with Crippen LogP contribution in [-0.4, -0.2) is 78.1 Å². The number of aryl methyl sites for hydroxylation is 1. The fraction of sp³-hybridized carbons (Fsp3) is 0.438. The molecule has 17 heteroatoms. The van der Waals surface area contributed by atoms with Crippen LogP contribution in [-0.2, 0) is 27.7 Å². The van der Waals surface area contributed by atoms with Crippen molar-refractivity contribution >= 4 is 34.7 Å². The predicted octanol–water partition coefficient (Wildman–Crippen LogP) is 4.23. The van der Waals surface area contributed by atoms with E-state index in [4.69, 9.17) is 21.3 Å². The van der Waals surface area contributed by atoms with Gasteiger partial charge in [0.1, 0.15) is 24.4 Å². The zero-order valence-electron chi connectivity index (χ0n) is 26.2. The van der Waals surface area contributed by atoms with E-state index in [1.807, 2.05) is 6.08 Å². The van der Waals surface area contributed by atoms with Crippen LogP contribution in [0.5, 0.6) is 5.75 Å². The molecule has 2 aliphatic carbocycles. The molecule has 3 aromatic rings. The lowest BCUT2D eigenvalue weighted by molar-refractivity contribution is -0.137. The largest absolute Gasteiger partial charge is 0.504 e. The van der Waals surface area contributed by atoms with E-state index in [0.717, 1.165) is 34.9 Å². The van der Waals surface area contributed by atoms with E-state index in [-0.39, 0.29) is 34.0 Å². The molecular weight excluding hydrogens is 669 g/mol. The smallest absolute Gasteiger partial charge is 0.416 e. The third kappa shape index (κ3) is 5.96. The van der Waals surface area contributed by atoms with Crippen molar-refractivity contribution in [1.29, 1.82) is 0 Å². The van der Waals surface area contributed by atoms with Gasteiger partial charge in [-0.1, -0.05) is 17.7 Å². The van der Waals surface area contributed by atoms with E-state index in [2.05, 4.69) is 25.6 Å².